The summed E-state index contributed by atoms with van der Waals surface area (Å²) in [6.45, 7) is 0. The Bertz CT molecular complexity index is 539. The summed E-state index contributed by atoms with van der Waals surface area (Å²) in [5.74, 6) is 1.27. The normalized spacial score (nSPS) is 14.7. The van der Waals surface area contributed by atoms with Crippen LogP contribution in [0.4, 0.5) is 0 Å². The lowest BCUT2D eigenvalue weighted by Crippen LogP contribution is -2.05. The molecule has 0 aromatic carbocycles. The van der Waals surface area contributed by atoms with E-state index in [1.54, 1.807) is 11.8 Å². The highest BCUT2D eigenvalue weighted by molar-refractivity contribution is 7.99. The maximum Gasteiger partial charge on any atom is 0.252 e. The number of fused-ring (bicyclic) bond motifs is 2. The largest absolute Gasteiger partial charge is 0.858 e. The molecular weight excluding hydrogens is 232 g/mol. The van der Waals surface area contributed by atoms with Crippen molar-refractivity contribution in [2.45, 2.75) is 16.5 Å². The Morgan fingerprint density at radius 2 is 2.33 bits per heavy atom. The molecule has 0 spiro atoms. The van der Waals surface area contributed by atoms with Gasteiger partial charge in [0.25, 0.3) is 5.78 Å². The molecule has 0 amide bonds. The van der Waals surface area contributed by atoms with Crippen molar-refractivity contribution in [1.29, 1.82) is 0 Å². The summed E-state index contributed by atoms with van der Waals surface area (Å²) >= 11 is 2.97. The van der Waals surface area contributed by atoms with Crippen LogP contribution in [0, 0.1) is 0 Å². The molecule has 78 valence electrons. The first-order valence-corrected chi connectivity index (χ1v) is 6.64. The van der Waals surface area contributed by atoms with Crippen molar-refractivity contribution in [3.8, 4) is 5.88 Å². The Labute approximate surface area is 94.3 Å². The summed E-state index contributed by atoms with van der Waals surface area (Å²) in [6.07, 6.45) is 2.73. The van der Waals surface area contributed by atoms with Gasteiger partial charge in [0.1, 0.15) is 0 Å². The molecule has 1 aliphatic rings. The number of aryl methyl sites for hydroxylation is 1. The van der Waals surface area contributed by atoms with Crippen molar-refractivity contribution >= 4 is 29.3 Å². The summed E-state index contributed by atoms with van der Waals surface area (Å²) in [4.78, 5) is 9.24. The highest BCUT2D eigenvalue weighted by atomic mass is 32.2. The molecule has 0 unspecified atom stereocenters. The third kappa shape index (κ3) is 1.30. The van der Waals surface area contributed by atoms with Crippen LogP contribution in [0.25, 0.3) is 5.78 Å². The van der Waals surface area contributed by atoms with Crippen molar-refractivity contribution in [1.82, 2.24) is 19.6 Å². The zero-order valence-corrected chi connectivity index (χ0v) is 9.56. The second-order valence-electron chi connectivity index (χ2n) is 3.10. The number of hydrogen-bond donors (Lipinski definition) is 0. The van der Waals surface area contributed by atoms with E-state index in [0.717, 1.165) is 22.8 Å². The van der Waals surface area contributed by atoms with E-state index in [2.05, 4.69) is 15.1 Å². The Kier molecular flexibility index (Phi) is 2.03. The molecule has 0 aliphatic carbocycles. The first-order chi connectivity index (χ1) is 7.29. The molecule has 0 bridgehead atoms. The molecule has 0 N–H and O–H groups in total. The minimum atomic E-state index is -0.0784. The summed E-state index contributed by atoms with van der Waals surface area (Å²) < 4.78 is 1.29. The van der Waals surface area contributed by atoms with Gasteiger partial charge in [-0.05, 0) is 6.26 Å². The van der Waals surface area contributed by atoms with E-state index < -0.39 is 0 Å². The highest BCUT2D eigenvalue weighted by Gasteiger charge is 2.17. The zero-order valence-electron chi connectivity index (χ0n) is 7.93. The van der Waals surface area contributed by atoms with Crippen LogP contribution in [-0.2, 0) is 6.42 Å². The first-order valence-electron chi connectivity index (χ1n) is 4.43. The van der Waals surface area contributed by atoms with Crippen molar-refractivity contribution in [3.63, 3.8) is 0 Å². The number of rotatable bonds is 1. The predicted molar refractivity (Wildman–Crippen MR) is 56.4 cm³/mol. The van der Waals surface area contributed by atoms with Crippen LogP contribution in [0.5, 0.6) is 5.88 Å². The molecule has 3 rings (SSSR count). The molecule has 0 radical (unpaired) electrons. The van der Waals surface area contributed by atoms with Crippen molar-refractivity contribution in [2.24, 2.45) is 0 Å². The number of aromatic nitrogens is 4. The Morgan fingerprint density at radius 1 is 1.47 bits per heavy atom. The fourth-order valence-electron chi connectivity index (χ4n) is 1.54. The lowest BCUT2D eigenvalue weighted by molar-refractivity contribution is -0.282. The molecule has 7 heteroatoms. The summed E-state index contributed by atoms with van der Waals surface area (Å²) in [5.41, 5.74) is 0.873. The minimum Gasteiger partial charge on any atom is -0.858 e. The van der Waals surface area contributed by atoms with Crippen LogP contribution >= 0.6 is 23.5 Å². The maximum atomic E-state index is 11.9. The number of hydrogen-bond acceptors (Lipinski definition) is 6. The Hall–Kier alpha value is -0.950. The van der Waals surface area contributed by atoms with Crippen molar-refractivity contribution in [3.05, 3.63) is 5.69 Å². The molecule has 0 fully saturated rings. The van der Waals surface area contributed by atoms with Crippen LogP contribution in [0.15, 0.2) is 10.1 Å². The molecule has 2 aromatic rings. The molecule has 0 saturated heterocycles. The van der Waals surface area contributed by atoms with Gasteiger partial charge in [0, 0.05) is 22.9 Å². The zero-order chi connectivity index (χ0) is 10.4. The molecule has 2 aromatic heterocycles. The van der Waals surface area contributed by atoms with Gasteiger partial charge in [-0.15, -0.1) is 16.9 Å². The van der Waals surface area contributed by atoms with Crippen molar-refractivity contribution < 1.29 is 5.11 Å². The highest BCUT2D eigenvalue weighted by Crippen LogP contribution is 2.35. The lowest BCUT2D eigenvalue weighted by atomic mass is 10.3. The van der Waals surface area contributed by atoms with Gasteiger partial charge in [-0.1, -0.05) is 11.8 Å². The second-order valence-corrected chi connectivity index (χ2v) is 4.98. The van der Waals surface area contributed by atoms with E-state index in [1.165, 1.54) is 16.3 Å². The summed E-state index contributed by atoms with van der Waals surface area (Å²) in [7, 11) is 0. The van der Waals surface area contributed by atoms with Gasteiger partial charge in [-0.2, -0.15) is 4.98 Å². The van der Waals surface area contributed by atoms with Gasteiger partial charge in [-0.3, -0.25) is 0 Å². The molecule has 3 heterocycles. The number of nitrogens with zero attached hydrogens (tertiary/aromatic N) is 4. The van der Waals surface area contributed by atoms with E-state index in [-0.39, 0.29) is 5.88 Å². The molecule has 1 aliphatic heterocycles. The smallest absolute Gasteiger partial charge is 0.252 e. The van der Waals surface area contributed by atoms with Crippen LogP contribution in [0.2, 0.25) is 0 Å². The van der Waals surface area contributed by atoms with Gasteiger partial charge in [0.2, 0.25) is 5.16 Å². The number of thioether (sulfide) groups is 2. The fourth-order valence-corrected chi connectivity index (χ4v) is 2.90. The average molecular weight is 239 g/mol. The standard InChI is InChI=1S/C8H8N4OS2/c1-14-8-10-7-9-4-2-3-15-5(4)6(13)12(7)11-8/h13H,2-3H2,1H3/p-1. The van der Waals surface area contributed by atoms with Gasteiger partial charge < -0.3 is 5.11 Å². The van der Waals surface area contributed by atoms with Crippen LogP contribution in [-0.4, -0.2) is 31.6 Å². The van der Waals surface area contributed by atoms with E-state index in [1.807, 2.05) is 6.26 Å². The average Bonchev–Trinajstić information content (AvgIpc) is 2.83. The Morgan fingerprint density at radius 3 is 3.13 bits per heavy atom. The van der Waals surface area contributed by atoms with Gasteiger partial charge >= 0.3 is 0 Å². The monoisotopic (exact) mass is 239 g/mol. The molecule has 15 heavy (non-hydrogen) atoms. The second kappa shape index (κ2) is 3.28. The quantitative estimate of drug-likeness (QED) is 0.678. The van der Waals surface area contributed by atoms with Crippen molar-refractivity contribution in [2.75, 3.05) is 12.0 Å². The first kappa shape index (κ1) is 9.29. The van der Waals surface area contributed by atoms with Crippen LogP contribution in [0.3, 0.4) is 0 Å². The van der Waals surface area contributed by atoms with E-state index in [0.29, 0.717) is 10.9 Å². The lowest BCUT2D eigenvalue weighted by Gasteiger charge is -2.11. The van der Waals surface area contributed by atoms with Crippen LogP contribution < -0.4 is 5.11 Å². The van der Waals surface area contributed by atoms with Gasteiger partial charge in [-0.25, -0.2) is 9.50 Å². The fraction of sp³-hybridized carbons (Fsp3) is 0.375. The summed E-state index contributed by atoms with van der Waals surface area (Å²) in [5, 5.41) is 16.6. The third-order valence-corrected chi connectivity index (χ3v) is 3.87. The Balaban J connectivity index is 2.33. The van der Waals surface area contributed by atoms with E-state index in [4.69, 9.17) is 0 Å². The van der Waals surface area contributed by atoms with E-state index >= 15 is 0 Å². The van der Waals surface area contributed by atoms with Gasteiger partial charge in [0.15, 0.2) is 0 Å². The van der Waals surface area contributed by atoms with E-state index in [9.17, 15) is 5.11 Å². The SMILES string of the molecule is CSc1nc2nc3c(c([O-])n2n1)SCC3. The maximum absolute atomic E-state index is 11.9. The predicted octanol–water partition coefficient (Wildman–Crippen LogP) is 0.568. The molecule has 0 saturated carbocycles. The summed E-state index contributed by atoms with van der Waals surface area (Å²) in [6, 6.07) is 0. The molecule has 5 nitrogen and oxygen atoms in total. The minimum absolute atomic E-state index is 0.0784. The van der Waals surface area contributed by atoms with Gasteiger partial charge in [0.05, 0.1) is 5.69 Å². The topological polar surface area (TPSA) is 66.1 Å². The third-order valence-electron chi connectivity index (χ3n) is 2.22. The van der Waals surface area contributed by atoms with Crippen LogP contribution in [0.1, 0.15) is 5.69 Å². The molecular formula is C8H7N4OS2-. The molecule has 0 atom stereocenters.